The number of pyridine rings is 1. The molecule has 0 aliphatic heterocycles. The highest BCUT2D eigenvalue weighted by molar-refractivity contribution is 5.69. The van der Waals surface area contributed by atoms with E-state index in [0.29, 0.717) is 23.2 Å². The quantitative estimate of drug-likeness (QED) is 0.297. The molecular formula is C29H41N5O. The van der Waals surface area contributed by atoms with Crippen molar-refractivity contribution in [3.63, 3.8) is 0 Å². The topological polar surface area (TPSA) is 82.0 Å². The molecule has 1 aromatic carbocycles. The Kier molecular flexibility index (Phi) is 9.36. The lowest BCUT2D eigenvalue weighted by atomic mass is 9.93. The highest BCUT2D eigenvalue weighted by atomic mass is 16.5. The van der Waals surface area contributed by atoms with Crippen molar-refractivity contribution in [1.82, 2.24) is 10.3 Å². The summed E-state index contributed by atoms with van der Waals surface area (Å²) < 4.78 is 5.80. The molecule has 3 atom stereocenters. The number of aryl methyl sites for hydroxylation is 1. The molecule has 3 N–H and O–H groups in total. The maximum Gasteiger partial charge on any atom is 0.180 e. The summed E-state index contributed by atoms with van der Waals surface area (Å²) in [7, 11) is 0. The van der Waals surface area contributed by atoms with Crippen molar-refractivity contribution in [2.75, 3.05) is 10.6 Å². The first-order chi connectivity index (χ1) is 16.4. The number of hydrogen-bond acceptors (Lipinski definition) is 6. The van der Waals surface area contributed by atoms with Crippen LogP contribution in [-0.4, -0.2) is 22.7 Å². The number of hydrogen-bond donors (Lipinski definition) is 3. The van der Waals surface area contributed by atoms with Crippen molar-refractivity contribution in [3.8, 4) is 6.07 Å². The zero-order valence-electron chi connectivity index (χ0n) is 22.5. The Labute approximate surface area is 211 Å². The van der Waals surface area contributed by atoms with Crippen molar-refractivity contribution < 1.29 is 4.74 Å². The molecule has 0 amide bonds. The predicted molar refractivity (Wildman–Crippen MR) is 148 cm³/mol. The molecule has 0 saturated carbocycles. The van der Waals surface area contributed by atoms with Gasteiger partial charge in [-0.3, -0.25) is 0 Å². The molecule has 0 bridgehead atoms. The first kappa shape index (κ1) is 27.8. The predicted octanol–water partition coefficient (Wildman–Crippen LogP) is 7.23. The van der Waals surface area contributed by atoms with E-state index in [-0.39, 0.29) is 17.7 Å². The molecule has 0 saturated heterocycles. The van der Waals surface area contributed by atoms with Gasteiger partial charge in [0.15, 0.2) is 11.7 Å². The van der Waals surface area contributed by atoms with Gasteiger partial charge in [-0.05, 0) is 95.3 Å². The molecule has 3 unspecified atom stereocenters. The second-order valence-corrected chi connectivity index (χ2v) is 10.1. The Balaban J connectivity index is 2.25. The van der Waals surface area contributed by atoms with E-state index in [1.807, 2.05) is 45.9 Å². The summed E-state index contributed by atoms with van der Waals surface area (Å²) in [5.41, 5.74) is 4.29. The van der Waals surface area contributed by atoms with Gasteiger partial charge in [0.2, 0.25) is 0 Å². The van der Waals surface area contributed by atoms with Crippen LogP contribution in [0.2, 0.25) is 0 Å². The van der Waals surface area contributed by atoms with Gasteiger partial charge in [-0.2, -0.15) is 5.26 Å². The fourth-order valence-electron chi connectivity index (χ4n) is 3.69. The van der Waals surface area contributed by atoms with Gasteiger partial charge >= 0.3 is 0 Å². The van der Waals surface area contributed by atoms with Crippen LogP contribution in [0.15, 0.2) is 43.3 Å². The van der Waals surface area contributed by atoms with Crippen molar-refractivity contribution in [3.05, 3.63) is 65.6 Å². The average molecular weight is 476 g/mol. The van der Waals surface area contributed by atoms with Crippen LogP contribution in [0.1, 0.15) is 83.1 Å². The molecule has 1 aromatic heterocycles. The standard InChI is InChI=1S/C29H41N5O/c1-11-18(3)26-14-13-25(16-23(26)12-2)33-28-24(17-30)15-19(4)27(34-28)32-21(6)20(5)31-22(7)35-29(8,9)10/h12-16,18,20-21,31H,2,7,11H2,1,3-6,8-10H3,(H2,32,33,34). The van der Waals surface area contributed by atoms with Crippen LogP contribution in [0.4, 0.5) is 17.3 Å². The Hall–Kier alpha value is -3.46. The average Bonchev–Trinajstić information content (AvgIpc) is 2.78. The van der Waals surface area contributed by atoms with Crippen LogP contribution in [0.5, 0.6) is 0 Å². The van der Waals surface area contributed by atoms with E-state index < -0.39 is 0 Å². The number of nitrogens with zero attached hydrogens (tertiary/aromatic N) is 2. The van der Waals surface area contributed by atoms with Crippen LogP contribution in [0.25, 0.3) is 6.08 Å². The van der Waals surface area contributed by atoms with Crippen molar-refractivity contribution in [1.29, 1.82) is 5.26 Å². The van der Waals surface area contributed by atoms with Crippen molar-refractivity contribution in [2.24, 2.45) is 0 Å². The van der Waals surface area contributed by atoms with E-state index in [2.05, 4.69) is 75.0 Å². The van der Waals surface area contributed by atoms with E-state index in [1.54, 1.807) is 0 Å². The number of benzene rings is 1. The summed E-state index contributed by atoms with van der Waals surface area (Å²) in [5.74, 6) is 2.21. The number of aromatic nitrogens is 1. The number of rotatable bonds is 11. The molecule has 1 heterocycles. The van der Waals surface area contributed by atoms with Gasteiger partial charge in [0.1, 0.15) is 17.5 Å². The number of nitrogens with one attached hydrogen (secondary N) is 3. The molecule has 0 aliphatic carbocycles. The van der Waals surface area contributed by atoms with Crippen LogP contribution >= 0.6 is 0 Å². The minimum atomic E-state index is -0.315. The van der Waals surface area contributed by atoms with Crippen LogP contribution in [0, 0.1) is 18.3 Å². The minimum absolute atomic E-state index is 0.0180. The smallest absolute Gasteiger partial charge is 0.180 e. The molecule has 35 heavy (non-hydrogen) atoms. The Morgan fingerprint density at radius 2 is 1.86 bits per heavy atom. The van der Waals surface area contributed by atoms with Crippen molar-refractivity contribution >= 4 is 23.4 Å². The largest absolute Gasteiger partial charge is 0.474 e. The van der Waals surface area contributed by atoms with Crippen LogP contribution in [0.3, 0.4) is 0 Å². The molecule has 0 spiro atoms. The second kappa shape index (κ2) is 11.8. The number of anilines is 3. The molecule has 0 fully saturated rings. The molecule has 6 nitrogen and oxygen atoms in total. The third-order valence-corrected chi connectivity index (χ3v) is 5.98. The van der Waals surface area contributed by atoms with Gasteiger partial charge in [-0.15, -0.1) is 0 Å². The maximum absolute atomic E-state index is 9.72. The van der Waals surface area contributed by atoms with Crippen molar-refractivity contribution in [2.45, 2.75) is 85.4 Å². The Morgan fingerprint density at radius 1 is 1.17 bits per heavy atom. The lowest BCUT2D eigenvalue weighted by molar-refractivity contribution is 0.0385. The molecular weight excluding hydrogens is 434 g/mol. The van der Waals surface area contributed by atoms with Gasteiger partial charge in [0.05, 0.1) is 5.56 Å². The minimum Gasteiger partial charge on any atom is -0.474 e. The first-order valence-corrected chi connectivity index (χ1v) is 12.2. The van der Waals surface area contributed by atoms with Crippen LogP contribution in [-0.2, 0) is 4.74 Å². The summed E-state index contributed by atoms with van der Waals surface area (Å²) in [6.07, 6.45) is 2.93. The second-order valence-electron chi connectivity index (χ2n) is 10.1. The molecule has 0 aliphatic rings. The molecule has 0 radical (unpaired) electrons. The lowest BCUT2D eigenvalue weighted by Crippen LogP contribution is -2.41. The fraction of sp³-hybridized carbons (Fsp3) is 0.448. The van der Waals surface area contributed by atoms with Crippen LogP contribution < -0.4 is 16.0 Å². The van der Waals surface area contributed by atoms with Gasteiger partial charge in [-0.25, -0.2) is 4.98 Å². The zero-order valence-corrected chi connectivity index (χ0v) is 22.5. The van der Waals surface area contributed by atoms with E-state index in [4.69, 9.17) is 9.72 Å². The van der Waals surface area contributed by atoms with E-state index in [0.717, 1.165) is 29.1 Å². The fourth-order valence-corrected chi connectivity index (χ4v) is 3.69. The number of nitriles is 1. The zero-order chi connectivity index (χ0) is 26.3. The highest BCUT2D eigenvalue weighted by Gasteiger charge is 2.19. The van der Waals surface area contributed by atoms with Gasteiger partial charge in [-0.1, -0.05) is 32.6 Å². The number of ether oxygens (including phenoxy) is 1. The van der Waals surface area contributed by atoms with E-state index in [1.165, 1.54) is 5.56 Å². The summed E-state index contributed by atoms with van der Waals surface area (Å²) in [6, 6.07) is 10.4. The molecule has 188 valence electrons. The lowest BCUT2D eigenvalue weighted by Gasteiger charge is -2.29. The molecule has 6 heteroatoms. The maximum atomic E-state index is 9.72. The van der Waals surface area contributed by atoms with Gasteiger partial charge in [0.25, 0.3) is 0 Å². The Bertz CT molecular complexity index is 1090. The third-order valence-electron chi connectivity index (χ3n) is 5.98. The normalized spacial score (nSPS) is 13.7. The molecule has 2 aromatic rings. The summed E-state index contributed by atoms with van der Waals surface area (Å²) in [4.78, 5) is 4.78. The van der Waals surface area contributed by atoms with E-state index >= 15 is 0 Å². The summed E-state index contributed by atoms with van der Waals surface area (Å²) >= 11 is 0. The van der Waals surface area contributed by atoms with E-state index in [9.17, 15) is 5.26 Å². The Morgan fingerprint density at radius 3 is 2.43 bits per heavy atom. The highest BCUT2D eigenvalue weighted by Crippen LogP contribution is 2.29. The molecule has 2 rings (SSSR count). The SMILES string of the molecule is C=Cc1cc(Nc2nc(NC(C)C(C)NC(=C)OC(C)(C)C)c(C)cc2C#N)ccc1C(C)CC. The summed E-state index contributed by atoms with van der Waals surface area (Å²) in [5, 5.41) is 19.8. The summed E-state index contributed by atoms with van der Waals surface area (Å²) in [6.45, 7) is 24.4. The monoisotopic (exact) mass is 475 g/mol. The first-order valence-electron chi connectivity index (χ1n) is 12.2. The van der Waals surface area contributed by atoms with Gasteiger partial charge < -0.3 is 20.7 Å². The van der Waals surface area contributed by atoms with Gasteiger partial charge in [0, 0.05) is 17.8 Å². The third kappa shape index (κ3) is 7.78.